The van der Waals surface area contributed by atoms with Gasteiger partial charge in [0.1, 0.15) is 17.1 Å². The van der Waals surface area contributed by atoms with Crippen molar-refractivity contribution in [2.24, 2.45) is 11.5 Å². The summed E-state index contributed by atoms with van der Waals surface area (Å²) in [6.45, 7) is 0.159. The van der Waals surface area contributed by atoms with Crippen LogP contribution in [0.2, 0.25) is 0 Å². The van der Waals surface area contributed by atoms with Crippen molar-refractivity contribution in [3.63, 3.8) is 0 Å². The Morgan fingerprint density at radius 1 is 1.08 bits per heavy atom. The number of methoxy groups -OCH3 is 1. The summed E-state index contributed by atoms with van der Waals surface area (Å²) >= 11 is 0. The molecule has 0 saturated carbocycles. The number of amidine groups is 1. The number of amides is 2. The Morgan fingerprint density at radius 2 is 1.72 bits per heavy atom. The molecular formula is C22H22F6N5O3+. The van der Waals surface area contributed by atoms with Gasteiger partial charge in [0.15, 0.2) is 17.7 Å². The topological polar surface area (TPSA) is 148 Å². The summed E-state index contributed by atoms with van der Waals surface area (Å²) in [6.07, 6.45) is -4.73. The first-order chi connectivity index (χ1) is 16.7. The number of nitrogens with one attached hydrogen (secondary N) is 2. The molecule has 36 heavy (non-hydrogen) atoms. The number of carbonyl (C=O) groups excluding carboxylic acids is 2. The average Bonchev–Trinajstić information content (AvgIpc) is 2.78. The lowest BCUT2D eigenvalue weighted by Crippen LogP contribution is -2.96. The number of carbonyl (C=O) groups is 2. The minimum atomic E-state index is -4.73. The molecule has 0 aliphatic carbocycles. The predicted octanol–water partition coefficient (Wildman–Crippen LogP) is 1.69. The van der Waals surface area contributed by atoms with E-state index in [1.807, 2.05) is 0 Å². The fourth-order valence-electron chi connectivity index (χ4n) is 3.04. The number of hydrogen-bond acceptors (Lipinski definition) is 5. The first-order valence-corrected chi connectivity index (χ1v) is 10.1. The first kappa shape index (κ1) is 28.2. The molecule has 8 nitrogen and oxygen atoms in total. The normalized spacial score (nSPS) is 13.0. The molecule has 2 amide bonds. The number of nitrogens with two attached hydrogens (primary N) is 3. The van der Waals surface area contributed by atoms with Gasteiger partial charge >= 0.3 is 6.18 Å². The van der Waals surface area contributed by atoms with Crippen molar-refractivity contribution in [2.75, 3.05) is 7.11 Å². The minimum absolute atomic E-state index is 0.0342. The maximum Gasteiger partial charge on any atom is 0.441 e. The van der Waals surface area contributed by atoms with E-state index >= 15 is 0 Å². The Hall–Kier alpha value is -4.07. The van der Waals surface area contributed by atoms with Crippen molar-refractivity contribution in [3.05, 3.63) is 70.0 Å². The Kier molecular flexibility index (Phi) is 8.70. The zero-order valence-corrected chi connectivity index (χ0v) is 18.9. The third-order valence-corrected chi connectivity index (χ3v) is 5.02. The number of primary amides is 1. The van der Waals surface area contributed by atoms with E-state index < -0.39 is 70.7 Å². The average molecular weight is 518 g/mol. The molecular weight excluding hydrogens is 496 g/mol. The molecule has 0 bridgehead atoms. The number of hydrogen-bond donors (Lipinski definition) is 5. The summed E-state index contributed by atoms with van der Waals surface area (Å²) in [5, 5.41) is 10.4. The van der Waals surface area contributed by atoms with Crippen molar-refractivity contribution in [3.8, 4) is 5.75 Å². The lowest BCUT2D eigenvalue weighted by molar-refractivity contribution is -0.611. The highest BCUT2D eigenvalue weighted by atomic mass is 19.4. The van der Waals surface area contributed by atoms with Crippen molar-refractivity contribution in [1.29, 1.82) is 5.41 Å². The van der Waals surface area contributed by atoms with Crippen LogP contribution in [0, 0.1) is 22.9 Å². The van der Waals surface area contributed by atoms with Gasteiger partial charge < -0.3 is 21.5 Å². The van der Waals surface area contributed by atoms with E-state index in [0.717, 1.165) is 24.3 Å². The van der Waals surface area contributed by atoms with Crippen molar-refractivity contribution in [1.82, 2.24) is 5.32 Å². The molecule has 1 atom stereocenters. The fourth-order valence-corrected chi connectivity index (χ4v) is 3.04. The summed E-state index contributed by atoms with van der Waals surface area (Å²) in [7, 11) is 1.25. The fraction of sp³-hybridized carbons (Fsp3) is 0.227. The van der Waals surface area contributed by atoms with Gasteiger partial charge in [0.2, 0.25) is 5.84 Å². The Balaban J connectivity index is 2.34. The second-order valence-corrected chi connectivity index (χ2v) is 7.49. The van der Waals surface area contributed by atoms with Crippen molar-refractivity contribution >= 4 is 23.3 Å². The quantitative estimate of drug-likeness (QED) is 0.157. The van der Waals surface area contributed by atoms with Gasteiger partial charge in [-0.3, -0.25) is 14.9 Å². The molecule has 0 aromatic heterocycles. The van der Waals surface area contributed by atoms with Gasteiger partial charge in [-0.1, -0.05) is 6.07 Å². The first-order valence-electron chi connectivity index (χ1n) is 10.1. The summed E-state index contributed by atoms with van der Waals surface area (Å²) in [5.41, 5.74) is 7.73. The number of benzene rings is 2. The van der Waals surface area contributed by atoms with Gasteiger partial charge in [-0.25, -0.2) is 18.6 Å². The standard InChI is InChI=1S/C22H21F6N5O3/c1-9(22(26,27)28)33-19(30)15(20(31)34)18(29)12-5-3-10(16(24)17(12)25)8-32-21(35)13-7-11(23)4-6-14(13)36-2/h3-7,9H,8,29H2,1-2H3,(H2,30,33)(H2,31,34)(H,32,35)/p+1. The largest absolute Gasteiger partial charge is 0.496 e. The van der Waals surface area contributed by atoms with Crippen LogP contribution >= 0.6 is 0 Å². The third-order valence-electron chi connectivity index (χ3n) is 5.02. The van der Waals surface area contributed by atoms with Gasteiger partial charge in [0.25, 0.3) is 11.8 Å². The molecule has 0 aliphatic rings. The van der Waals surface area contributed by atoms with Gasteiger partial charge in [0.05, 0.1) is 18.4 Å². The second-order valence-electron chi connectivity index (χ2n) is 7.49. The second kappa shape index (κ2) is 11.1. The van der Waals surface area contributed by atoms with Gasteiger partial charge in [0, 0.05) is 17.7 Å². The molecule has 14 heteroatoms. The molecule has 0 heterocycles. The molecule has 0 spiro atoms. The van der Waals surface area contributed by atoms with Crippen LogP contribution in [0.25, 0.3) is 5.70 Å². The predicted molar refractivity (Wildman–Crippen MR) is 116 cm³/mol. The summed E-state index contributed by atoms with van der Waals surface area (Å²) in [4.78, 5) is 24.1. The third kappa shape index (κ3) is 6.33. The van der Waals surface area contributed by atoms with Gasteiger partial charge in [-0.2, -0.15) is 13.2 Å². The zero-order chi connectivity index (χ0) is 27.4. The summed E-state index contributed by atoms with van der Waals surface area (Å²) in [5.74, 6) is -7.10. The van der Waals surface area contributed by atoms with Crippen LogP contribution in [-0.4, -0.2) is 37.0 Å². The van der Waals surface area contributed by atoms with Crippen LogP contribution in [0.15, 0.2) is 35.9 Å². The monoisotopic (exact) mass is 518 g/mol. The number of halogens is 6. The van der Waals surface area contributed by atoms with Crippen molar-refractivity contribution in [2.45, 2.75) is 25.7 Å². The van der Waals surface area contributed by atoms with E-state index in [9.17, 15) is 35.9 Å². The van der Waals surface area contributed by atoms with E-state index in [0.29, 0.717) is 12.2 Å². The Labute approximate surface area is 200 Å². The van der Waals surface area contributed by atoms with E-state index in [1.54, 1.807) is 0 Å². The van der Waals surface area contributed by atoms with E-state index in [-0.39, 0.29) is 16.9 Å². The van der Waals surface area contributed by atoms with Gasteiger partial charge in [-0.05, 0) is 31.2 Å². The number of quaternary nitrogens is 1. The van der Waals surface area contributed by atoms with Gasteiger partial charge in [-0.15, -0.1) is 0 Å². The van der Waals surface area contributed by atoms with E-state index in [4.69, 9.17) is 21.6 Å². The van der Waals surface area contributed by atoms with Crippen molar-refractivity contribution < 1.29 is 46.0 Å². The molecule has 8 N–H and O–H groups in total. The zero-order valence-electron chi connectivity index (χ0n) is 18.9. The maximum atomic E-state index is 14.8. The lowest BCUT2D eigenvalue weighted by atomic mass is 10.0. The van der Waals surface area contributed by atoms with Crippen LogP contribution in [-0.2, 0) is 11.3 Å². The molecule has 0 radical (unpaired) electrons. The molecule has 1 unspecified atom stereocenters. The van der Waals surface area contributed by atoms with Crippen LogP contribution < -0.4 is 26.8 Å². The molecule has 2 rings (SSSR count). The SMILES string of the molecule is COc1ccc(F)cc1C(=O)NCc1ccc(C(N)=C(C(=N)[NH2+]C(C)C(F)(F)F)C(N)=O)c(F)c1F. The molecule has 2 aromatic rings. The smallest absolute Gasteiger partial charge is 0.441 e. The van der Waals surface area contributed by atoms with Crippen LogP contribution in [0.3, 0.4) is 0 Å². The lowest BCUT2D eigenvalue weighted by Gasteiger charge is -2.16. The maximum absolute atomic E-state index is 14.8. The Bertz CT molecular complexity index is 1230. The molecule has 0 aliphatic heterocycles. The molecule has 2 aromatic carbocycles. The number of alkyl halides is 3. The molecule has 194 valence electrons. The highest BCUT2D eigenvalue weighted by Crippen LogP contribution is 2.24. The van der Waals surface area contributed by atoms with Crippen LogP contribution in [0.1, 0.15) is 28.4 Å². The minimum Gasteiger partial charge on any atom is -0.496 e. The highest BCUT2D eigenvalue weighted by molar-refractivity contribution is 6.21. The van der Waals surface area contributed by atoms with E-state index in [1.165, 1.54) is 13.2 Å². The Morgan fingerprint density at radius 3 is 2.28 bits per heavy atom. The highest BCUT2D eigenvalue weighted by Gasteiger charge is 2.41. The van der Waals surface area contributed by atoms with E-state index in [2.05, 4.69) is 5.32 Å². The van der Waals surface area contributed by atoms with Crippen LogP contribution in [0.5, 0.6) is 5.75 Å². The van der Waals surface area contributed by atoms with Crippen LogP contribution in [0.4, 0.5) is 26.3 Å². The summed E-state index contributed by atoms with van der Waals surface area (Å²) in [6, 6.07) is 2.89. The number of ether oxygens (including phenoxy) is 1. The summed E-state index contributed by atoms with van der Waals surface area (Å²) < 4.78 is 86.3. The molecule has 0 fully saturated rings. The number of rotatable bonds is 8. The molecule has 0 saturated heterocycles.